The highest BCUT2D eigenvalue weighted by atomic mass is 16.6. The van der Waals surface area contributed by atoms with Crippen LogP contribution in [0.15, 0.2) is 35.0 Å². The normalized spacial score (nSPS) is 20.3. The van der Waals surface area contributed by atoms with E-state index in [9.17, 15) is 9.59 Å². The lowest BCUT2D eigenvalue weighted by Gasteiger charge is -2.24. The van der Waals surface area contributed by atoms with Crippen molar-refractivity contribution in [3.05, 3.63) is 47.3 Å². The Morgan fingerprint density at radius 1 is 1.21 bits per heavy atom. The first-order valence-electron chi connectivity index (χ1n) is 9.62. The Kier molecular flexibility index (Phi) is 5.38. The van der Waals surface area contributed by atoms with E-state index in [1.54, 1.807) is 11.8 Å². The van der Waals surface area contributed by atoms with Gasteiger partial charge in [0.15, 0.2) is 5.69 Å². The summed E-state index contributed by atoms with van der Waals surface area (Å²) in [7, 11) is 0. The summed E-state index contributed by atoms with van der Waals surface area (Å²) in [5, 5.41) is 7.37. The van der Waals surface area contributed by atoms with Crippen molar-refractivity contribution in [2.24, 2.45) is 5.92 Å². The molecule has 1 aromatic carbocycles. The van der Waals surface area contributed by atoms with E-state index in [0.717, 1.165) is 5.56 Å². The number of rotatable bonds is 6. The molecule has 2 aliphatic rings. The van der Waals surface area contributed by atoms with Gasteiger partial charge < -0.3 is 14.5 Å². The number of hydrogen-bond donors (Lipinski definition) is 0. The van der Waals surface area contributed by atoms with Crippen LogP contribution in [0.5, 0.6) is 0 Å². The number of amides is 2. The first-order chi connectivity index (χ1) is 13.6. The largest absolute Gasteiger partial charge is 0.374 e. The Labute approximate surface area is 163 Å². The smallest absolute Gasteiger partial charge is 0.278 e. The van der Waals surface area contributed by atoms with Gasteiger partial charge in [0.05, 0.1) is 6.10 Å². The number of aromatic nitrogens is 2. The predicted octanol–water partition coefficient (Wildman–Crippen LogP) is 1.66. The third-order valence-corrected chi connectivity index (χ3v) is 5.15. The molecule has 2 heterocycles. The number of nitrogens with zero attached hydrogens (tertiary/aromatic N) is 4. The van der Waals surface area contributed by atoms with E-state index < -0.39 is 0 Å². The molecule has 1 unspecified atom stereocenters. The molecule has 1 atom stereocenters. The minimum atomic E-state index is -0.353. The lowest BCUT2D eigenvalue weighted by molar-refractivity contribution is -0.132. The van der Waals surface area contributed by atoms with Crippen molar-refractivity contribution >= 4 is 11.8 Å². The number of carbonyl (C=O) groups excluding carboxylic acids is 2. The highest BCUT2D eigenvalue weighted by Crippen LogP contribution is 2.29. The zero-order valence-corrected chi connectivity index (χ0v) is 15.9. The quantitative estimate of drug-likeness (QED) is 0.753. The Hall–Kier alpha value is -2.74. The number of benzene rings is 1. The second-order valence-electron chi connectivity index (χ2n) is 7.54. The topological polar surface area (TPSA) is 88.8 Å². The van der Waals surface area contributed by atoms with E-state index in [0.29, 0.717) is 37.9 Å². The lowest BCUT2D eigenvalue weighted by Crippen LogP contribution is -2.40. The van der Waals surface area contributed by atoms with Crippen molar-refractivity contribution in [3.8, 4) is 0 Å². The third-order valence-electron chi connectivity index (χ3n) is 5.15. The van der Waals surface area contributed by atoms with Crippen molar-refractivity contribution < 1.29 is 19.0 Å². The number of carbonyl (C=O) groups is 2. The molecule has 2 aromatic rings. The van der Waals surface area contributed by atoms with E-state index in [-0.39, 0.29) is 30.2 Å². The summed E-state index contributed by atoms with van der Waals surface area (Å²) in [6, 6.07) is 9.84. The zero-order valence-electron chi connectivity index (χ0n) is 15.9. The number of ether oxygens (including phenoxy) is 1. The standard InChI is InChI=1S/C20H24N4O4/c1-14-19(22-28-21-14)20(26)24-11-17(27-13-16-7-8-16)10-23(18(25)12-24)9-15-5-3-2-4-6-15/h2-6,16-17H,7-13H2,1H3. The van der Waals surface area contributed by atoms with Crippen molar-refractivity contribution in [2.45, 2.75) is 32.4 Å². The lowest BCUT2D eigenvalue weighted by atomic mass is 10.2. The molecule has 8 heteroatoms. The molecule has 8 nitrogen and oxygen atoms in total. The van der Waals surface area contributed by atoms with Gasteiger partial charge in [-0.1, -0.05) is 35.5 Å². The average Bonchev–Trinajstić information content (AvgIpc) is 3.45. The van der Waals surface area contributed by atoms with Crippen molar-refractivity contribution in [1.29, 1.82) is 0 Å². The van der Waals surface area contributed by atoms with Gasteiger partial charge in [0, 0.05) is 26.2 Å². The summed E-state index contributed by atoms with van der Waals surface area (Å²) in [5.74, 6) is 0.144. The SMILES string of the molecule is Cc1nonc1C(=O)N1CC(=O)N(Cc2ccccc2)CC(OCC2CC2)C1. The minimum Gasteiger partial charge on any atom is -0.374 e. The average molecular weight is 384 g/mol. The van der Waals surface area contributed by atoms with Gasteiger partial charge in [0.2, 0.25) is 5.91 Å². The van der Waals surface area contributed by atoms with Crippen LogP contribution in [0.4, 0.5) is 0 Å². The Morgan fingerprint density at radius 3 is 2.68 bits per heavy atom. The summed E-state index contributed by atoms with van der Waals surface area (Å²) < 4.78 is 10.7. The molecule has 0 bridgehead atoms. The van der Waals surface area contributed by atoms with Gasteiger partial charge in [-0.25, -0.2) is 4.63 Å². The predicted molar refractivity (Wildman–Crippen MR) is 99.3 cm³/mol. The fraction of sp³-hybridized carbons (Fsp3) is 0.500. The van der Waals surface area contributed by atoms with Crippen molar-refractivity contribution in [2.75, 3.05) is 26.2 Å². The second kappa shape index (κ2) is 8.10. The molecule has 2 fully saturated rings. The van der Waals surface area contributed by atoms with E-state index in [2.05, 4.69) is 14.9 Å². The molecule has 2 amide bonds. The molecule has 0 N–H and O–H groups in total. The summed E-state index contributed by atoms with van der Waals surface area (Å²) in [4.78, 5) is 29.0. The molecule has 1 aliphatic heterocycles. The van der Waals surface area contributed by atoms with Gasteiger partial charge in [0.1, 0.15) is 12.2 Å². The molecule has 0 spiro atoms. The van der Waals surface area contributed by atoms with E-state index in [1.165, 1.54) is 17.7 Å². The third kappa shape index (κ3) is 4.39. The van der Waals surface area contributed by atoms with E-state index in [1.807, 2.05) is 30.3 Å². The van der Waals surface area contributed by atoms with Crippen LogP contribution >= 0.6 is 0 Å². The van der Waals surface area contributed by atoms with Crippen LogP contribution in [0.1, 0.15) is 34.6 Å². The van der Waals surface area contributed by atoms with Gasteiger partial charge in [-0.3, -0.25) is 9.59 Å². The highest BCUT2D eigenvalue weighted by molar-refractivity contribution is 5.95. The van der Waals surface area contributed by atoms with Crippen LogP contribution in [0, 0.1) is 12.8 Å². The second-order valence-corrected chi connectivity index (χ2v) is 7.54. The minimum absolute atomic E-state index is 0.0126. The van der Waals surface area contributed by atoms with Crippen molar-refractivity contribution in [3.63, 3.8) is 0 Å². The van der Waals surface area contributed by atoms with Gasteiger partial charge in [-0.15, -0.1) is 0 Å². The molecule has 28 heavy (non-hydrogen) atoms. The molecule has 1 saturated carbocycles. The van der Waals surface area contributed by atoms with Crippen LogP contribution in [0.25, 0.3) is 0 Å². The molecule has 1 aliphatic carbocycles. The van der Waals surface area contributed by atoms with Crippen LogP contribution in [0.3, 0.4) is 0 Å². The molecule has 4 rings (SSSR count). The fourth-order valence-electron chi connectivity index (χ4n) is 3.33. The maximum atomic E-state index is 12.9. The monoisotopic (exact) mass is 384 g/mol. The Bertz CT molecular complexity index is 834. The summed E-state index contributed by atoms with van der Waals surface area (Å²) in [5.41, 5.74) is 1.61. The van der Waals surface area contributed by atoms with Crippen LogP contribution < -0.4 is 0 Å². The molecular weight excluding hydrogens is 360 g/mol. The fourth-order valence-corrected chi connectivity index (χ4v) is 3.33. The van der Waals surface area contributed by atoms with Crippen molar-refractivity contribution in [1.82, 2.24) is 20.1 Å². The van der Waals surface area contributed by atoms with E-state index >= 15 is 0 Å². The maximum absolute atomic E-state index is 12.9. The number of hydrogen-bond acceptors (Lipinski definition) is 6. The first kappa shape index (κ1) is 18.6. The van der Waals surface area contributed by atoms with Crippen LogP contribution in [-0.4, -0.2) is 64.3 Å². The zero-order chi connectivity index (χ0) is 19.5. The first-order valence-corrected chi connectivity index (χ1v) is 9.62. The Morgan fingerprint density at radius 2 is 2.00 bits per heavy atom. The highest BCUT2D eigenvalue weighted by Gasteiger charge is 2.34. The molecule has 0 radical (unpaired) electrons. The summed E-state index contributed by atoms with van der Waals surface area (Å²) in [6.07, 6.45) is 2.14. The van der Waals surface area contributed by atoms with Gasteiger partial charge in [-0.05, 0) is 36.4 Å². The van der Waals surface area contributed by atoms with E-state index in [4.69, 9.17) is 4.74 Å². The Balaban J connectivity index is 1.51. The molecule has 148 valence electrons. The maximum Gasteiger partial charge on any atom is 0.278 e. The molecule has 1 saturated heterocycles. The van der Waals surface area contributed by atoms with Crippen LogP contribution in [-0.2, 0) is 16.1 Å². The molecule has 1 aromatic heterocycles. The van der Waals surface area contributed by atoms with Gasteiger partial charge in [0.25, 0.3) is 5.91 Å². The summed E-state index contributed by atoms with van der Waals surface area (Å²) >= 11 is 0. The van der Waals surface area contributed by atoms with Gasteiger partial charge >= 0.3 is 0 Å². The number of aryl methyl sites for hydroxylation is 1. The van der Waals surface area contributed by atoms with Gasteiger partial charge in [-0.2, -0.15) is 0 Å². The van der Waals surface area contributed by atoms with Crippen LogP contribution in [0.2, 0.25) is 0 Å². The summed E-state index contributed by atoms with van der Waals surface area (Å²) in [6.45, 7) is 3.61. The molecular formula is C20H24N4O4.